The van der Waals surface area contributed by atoms with Crippen LogP contribution in [0.15, 0.2) is 24.3 Å². The highest BCUT2D eigenvalue weighted by Crippen LogP contribution is 2.26. The van der Waals surface area contributed by atoms with Gasteiger partial charge in [-0.25, -0.2) is 9.48 Å². The summed E-state index contributed by atoms with van der Waals surface area (Å²) in [5.41, 5.74) is 0.366. The Morgan fingerprint density at radius 3 is 2.71 bits per heavy atom. The highest BCUT2D eigenvalue weighted by Gasteiger charge is 2.29. The lowest BCUT2D eigenvalue weighted by atomic mass is 10.1. The SMILES string of the molecule is COC(=O)C(c1cccc(O)c1)N(C)Cc1nnnn1C(C)(C)C. The number of aromatic hydroxyl groups is 1. The number of rotatable bonds is 5. The first kappa shape index (κ1) is 17.9. The van der Waals surface area contributed by atoms with E-state index in [9.17, 15) is 9.90 Å². The van der Waals surface area contributed by atoms with Gasteiger partial charge in [-0.3, -0.25) is 4.90 Å². The minimum atomic E-state index is -0.674. The van der Waals surface area contributed by atoms with Crippen molar-refractivity contribution < 1.29 is 14.6 Å². The van der Waals surface area contributed by atoms with Gasteiger partial charge in [-0.2, -0.15) is 0 Å². The average Bonchev–Trinajstić information content (AvgIpc) is 2.95. The Morgan fingerprint density at radius 1 is 1.42 bits per heavy atom. The highest BCUT2D eigenvalue weighted by molar-refractivity contribution is 5.77. The van der Waals surface area contributed by atoms with Crippen LogP contribution in [0.1, 0.15) is 38.2 Å². The van der Waals surface area contributed by atoms with Gasteiger partial charge in [-0.15, -0.1) is 5.10 Å². The van der Waals surface area contributed by atoms with Crippen LogP contribution in [0.3, 0.4) is 0 Å². The van der Waals surface area contributed by atoms with E-state index >= 15 is 0 Å². The zero-order valence-corrected chi connectivity index (χ0v) is 14.6. The van der Waals surface area contributed by atoms with Crippen LogP contribution in [0.5, 0.6) is 5.75 Å². The molecule has 1 aromatic carbocycles. The first-order valence-corrected chi connectivity index (χ1v) is 7.58. The fourth-order valence-electron chi connectivity index (χ4n) is 2.52. The molecule has 0 fully saturated rings. The largest absolute Gasteiger partial charge is 0.508 e. The van der Waals surface area contributed by atoms with Gasteiger partial charge in [0.1, 0.15) is 11.8 Å². The number of nitrogens with zero attached hydrogens (tertiary/aromatic N) is 5. The molecule has 0 aliphatic carbocycles. The van der Waals surface area contributed by atoms with E-state index in [0.29, 0.717) is 17.9 Å². The normalized spacial score (nSPS) is 13.1. The molecule has 8 heteroatoms. The van der Waals surface area contributed by atoms with E-state index in [1.807, 2.05) is 20.8 Å². The van der Waals surface area contributed by atoms with Crippen LogP contribution >= 0.6 is 0 Å². The number of carbonyl (C=O) groups excluding carboxylic acids is 1. The van der Waals surface area contributed by atoms with Crippen LogP contribution < -0.4 is 0 Å². The smallest absolute Gasteiger partial charge is 0.327 e. The number of tetrazole rings is 1. The third kappa shape index (κ3) is 3.88. The van der Waals surface area contributed by atoms with Crippen molar-refractivity contribution in [3.63, 3.8) is 0 Å². The van der Waals surface area contributed by atoms with Crippen molar-refractivity contribution in [2.24, 2.45) is 0 Å². The van der Waals surface area contributed by atoms with Crippen molar-refractivity contribution >= 4 is 5.97 Å². The molecule has 1 unspecified atom stereocenters. The molecule has 0 saturated heterocycles. The number of benzene rings is 1. The molecule has 1 aromatic heterocycles. The van der Waals surface area contributed by atoms with Crippen molar-refractivity contribution in [3.8, 4) is 5.75 Å². The van der Waals surface area contributed by atoms with Gasteiger partial charge in [0.25, 0.3) is 0 Å². The molecule has 0 bridgehead atoms. The zero-order valence-electron chi connectivity index (χ0n) is 14.6. The lowest BCUT2D eigenvalue weighted by Gasteiger charge is -2.27. The Bertz CT molecular complexity index is 708. The number of ether oxygens (including phenoxy) is 1. The van der Waals surface area contributed by atoms with Gasteiger partial charge in [0.2, 0.25) is 0 Å². The Hall–Kier alpha value is -2.48. The van der Waals surface area contributed by atoms with Gasteiger partial charge in [0, 0.05) is 0 Å². The van der Waals surface area contributed by atoms with Crippen LogP contribution in [0.4, 0.5) is 0 Å². The highest BCUT2D eigenvalue weighted by atomic mass is 16.5. The maximum Gasteiger partial charge on any atom is 0.327 e. The van der Waals surface area contributed by atoms with E-state index in [4.69, 9.17) is 4.74 Å². The molecular formula is C16H23N5O3. The van der Waals surface area contributed by atoms with Gasteiger partial charge in [0.15, 0.2) is 5.82 Å². The van der Waals surface area contributed by atoms with Crippen molar-refractivity contribution in [1.82, 2.24) is 25.1 Å². The Balaban J connectivity index is 2.31. The number of aromatic nitrogens is 4. The number of hydrogen-bond acceptors (Lipinski definition) is 7. The number of methoxy groups -OCH3 is 1. The van der Waals surface area contributed by atoms with Crippen LogP contribution in [0.25, 0.3) is 0 Å². The predicted octanol–water partition coefficient (Wildman–Crippen LogP) is 1.48. The molecule has 24 heavy (non-hydrogen) atoms. The lowest BCUT2D eigenvalue weighted by molar-refractivity contribution is -0.147. The van der Waals surface area contributed by atoms with E-state index in [2.05, 4.69) is 15.5 Å². The average molecular weight is 333 g/mol. The Labute approximate surface area is 141 Å². The monoisotopic (exact) mass is 333 g/mol. The molecule has 130 valence electrons. The Morgan fingerprint density at radius 2 is 2.12 bits per heavy atom. The molecule has 1 heterocycles. The lowest BCUT2D eigenvalue weighted by Crippen LogP contribution is -2.34. The molecule has 0 amide bonds. The predicted molar refractivity (Wildman–Crippen MR) is 87.1 cm³/mol. The van der Waals surface area contributed by atoms with Gasteiger partial charge in [0.05, 0.1) is 19.2 Å². The number of carbonyl (C=O) groups is 1. The number of phenolic OH excluding ortho intramolecular Hbond substituents is 1. The maximum absolute atomic E-state index is 12.3. The fourth-order valence-corrected chi connectivity index (χ4v) is 2.52. The molecule has 0 radical (unpaired) electrons. The van der Waals surface area contributed by atoms with E-state index in [-0.39, 0.29) is 11.3 Å². The first-order chi connectivity index (χ1) is 11.2. The van der Waals surface area contributed by atoms with Crippen molar-refractivity contribution in [2.75, 3.05) is 14.2 Å². The van der Waals surface area contributed by atoms with Gasteiger partial charge < -0.3 is 9.84 Å². The van der Waals surface area contributed by atoms with Crippen molar-refractivity contribution in [3.05, 3.63) is 35.7 Å². The van der Waals surface area contributed by atoms with Crippen molar-refractivity contribution in [1.29, 1.82) is 0 Å². The quantitative estimate of drug-likeness (QED) is 0.828. The second kappa shape index (κ2) is 6.96. The second-order valence-corrected chi connectivity index (χ2v) is 6.61. The van der Waals surface area contributed by atoms with E-state index in [1.165, 1.54) is 7.11 Å². The summed E-state index contributed by atoms with van der Waals surface area (Å²) in [5.74, 6) is 0.311. The molecule has 0 spiro atoms. The summed E-state index contributed by atoms with van der Waals surface area (Å²) in [7, 11) is 3.12. The van der Waals surface area contributed by atoms with Crippen LogP contribution in [0, 0.1) is 0 Å². The Kier molecular flexibility index (Phi) is 5.18. The molecule has 2 aromatic rings. The van der Waals surface area contributed by atoms with Gasteiger partial charge in [-0.1, -0.05) is 12.1 Å². The third-order valence-electron chi connectivity index (χ3n) is 3.61. The molecule has 8 nitrogen and oxygen atoms in total. The minimum Gasteiger partial charge on any atom is -0.508 e. The molecule has 1 N–H and O–H groups in total. The van der Waals surface area contributed by atoms with E-state index in [1.54, 1.807) is 40.9 Å². The third-order valence-corrected chi connectivity index (χ3v) is 3.61. The topological polar surface area (TPSA) is 93.4 Å². The summed E-state index contributed by atoms with van der Waals surface area (Å²) in [6.45, 7) is 6.35. The van der Waals surface area contributed by atoms with E-state index < -0.39 is 12.0 Å². The van der Waals surface area contributed by atoms with Crippen LogP contribution in [-0.4, -0.2) is 50.3 Å². The summed E-state index contributed by atoms with van der Waals surface area (Å²) in [4.78, 5) is 14.1. The second-order valence-electron chi connectivity index (χ2n) is 6.61. The standard InChI is InChI=1S/C16H23N5O3/c1-16(2,3)21-13(17-18-19-21)10-20(4)14(15(23)24-5)11-7-6-8-12(22)9-11/h6-9,14,22H,10H2,1-5H3. The fraction of sp³-hybridized carbons (Fsp3) is 0.500. The van der Waals surface area contributed by atoms with Crippen LogP contribution in [0.2, 0.25) is 0 Å². The summed E-state index contributed by atoms with van der Waals surface area (Å²) < 4.78 is 6.65. The van der Waals surface area contributed by atoms with E-state index in [0.717, 1.165) is 0 Å². The molecular weight excluding hydrogens is 310 g/mol. The molecule has 0 saturated carbocycles. The zero-order chi connectivity index (χ0) is 17.9. The molecule has 0 aliphatic heterocycles. The maximum atomic E-state index is 12.3. The number of hydrogen-bond donors (Lipinski definition) is 1. The van der Waals surface area contributed by atoms with Crippen LogP contribution in [-0.2, 0) is 21.6 Å². The molecule has 2 rings (SSSR count). The summed E-state index contributed by atoms with van der Waals surface area (Å²) in [6.07, 6.45) is 0. The summed E-state index contributed by atoms with van der Waals surface area (Å²) >= 11 is 0. The van der Waals surface area contributed by atoms with Gasteiger partial charge in [-0.05, 0) is 55.9 Å². The minimum absolute atomic E-state index is 0.0920. The summed E-state index contributed by atoms with van der Waals surface area (Å²) in [5, 5.41) is 21.5. The van der Waals surface area contributed by atoms with Gasteiger partial charge >= 0.3 is 5.97 Å². The summed E-state index contributed by atoms with van der Waals surface area (Å²) in [6, 6.07) is 5.88. The van der Waals surface area contributed by atoms with Crippen molar-refractivity contribution in [2.45, 2.75) is 38.9 Å². The molecule has 1 atom stereocenters. The number of esters is 1. The number of phenols is 1. The first-order valence-electron chi connectivity index (χ1n) is 7.58. The number of likely N-dealkylation sites (N-methyl/N-ethyl adjacent to an activating group) is 1. The molecule has 0 aliphatic rings.